The topological polar surface area (TPSA) is 59.8 Å². The minimum absolute atomic E-state index is 0.102. The largest absolute Gasteiger partial charge is 0.352 e. The van der Waals surface area contributed by atoms with Gasteiger partial charge in [-0.2, -0.15) is 5.10 Å². The van der Waals surface area contributed by atoms with Gasteiger partial charge in [-0.15, -0.1) is 0 Å². The van der Waals surface area contributed by atoms with Crippen LogP contribution in [0.2, 0.25) is 0 Å². The lowest BCUT2D eigenvalue weighted by Gasteiger charge is -2.06. The number of hydrogen-bond acceptors (Lipinski definition) is 3. The first-order valence-electron chi connectivity index (χ1n) is 10.1. The molecule has 0 spiro atoms. The average molecular weight is 377 g/mol. The molecule has 0 aliphatic carbocycles. The van der Waals surface area contributed by atoms with Gasteiger partial charge >= 0.3 is 0 Å². The number of para-hydroxylation sites is 1. The van der Waals surface area contributed by atoms with Gasteiger partial charge in [0.25, 0.3) is 0 Å². The predicted octanol–water partition coefficient (Wildman–Crippen LogP) is 4.91. The molecule has 3 aromatic rings. The molecule has 0 bridgehead atoms. The minimum atomic E-state index is 0.102. The number of aromatic nitrogens is 3. The SMILES string of the molecule is CCCCCCCC(=O)NCc1cn(-c2ccccc2)nc1-c1ccncc1. The van der Waals surface area contributed by atoms with E-state index in [0.29, 0.717) is 13.0 Å². The fourth-order valence-electron chi connectivity index (χ4n) is 3.18. The number of carbonyl (C=O) groups excluding carboxylic acids is 1. The number of nitrogens with one attached hydrogen (secondary N) is 1. The first-order chi connectivity index (χ1) is 13.8. The normalized spacial score (nSPS) is 10.8. The summed E-state index contributed by atoms with van der Waals surface area (Å²) in [5, 5.41) is 7.82. The molecule has 1 aromatic carbocycles. The van der Waals surface area contributed by atoms with Crippen molar-refractivity contribution in [2.24, 2.45) is 0 Å². The quantitative estimate of drug-likeness (QED) is 0.511. The summed E-state index contributed by atoms with van der Waals surface area (Å²) in [6.45, 7) is 2.67. The number of pyridine rings is 1. The number of unbranched alkanes of at least 4 members (excludes halogenated alkanes) is 4. The Labute approximate surface area is 166 Å². The van der Waals surface area contributed by atoms with Crippen molar-refractivity contribution in [3.05, 3.63) is 66.6 Å². The molecule has 0 fully saturated rings. The highest BCUT2D eigenvalue weighted by Crippen LogP contribution is 2.23. The maximum Gasteiger partial charge on any atom is 0.220 e. The van der Waals surface area contributed by atoms with Crippen LogP contribution < -0.4 is 5.32 Å². The zero-order valence-corrected chi connectivity index (χ0v) is 16.5. The first kappa shape index (κ1) is 19.8. The number of carbonyl (C=O) groups is 1. The summed E-state index contributed by atoms with van der Waals surface area (Å²) in [7, 11) is 0. The van der Waals surface area contributed by atoms with Gasteiger partial charge in [0.1, 0.15) is 0 Å². The molecule has 0 unspecified atom stereocenters. The summed E-state index contributed by atoms with van der Waals surface area (Å²) in [6.07, 6.45) is 11.8. The van der Waals surface area contributed by atoms with Gasteiger partial charge in [0, 0.05) is 42.7 Å². The second kappa shape index (κ2) is 10.4. The molecular formula is C23H28N4O. The van der Waals surface area contributed by atoms with Crippen LogP contribution in [0, 0.1) is 0 Å². The predicted molar refractivity (Wildman–Crippen MR) is 112 cm³/mol. The van der Waals surface area contributed by atoms with Crippen LogP contribution in [-0.2, 0) is 11.3 Å². The molecule has 0 saturated heterocycles. The summed E-state index contributed by atoms with van der Waals surface area (Å²) >= 11 is 0. The van der Waals surface area contributed by atoms with Crippen molar-refractivity contribution >= 4 is 5.91 Å². The van der Waals surface area contributed by atoms with E-state index in [9.17, 15) is 4.79 Å². The third-order valence-electron chi connectivity index (χ3n) is 4.75. The van der Waals surface area contributed by atoms with Crippen LogP contribution in [0.3, 0.4) is 0 Å². The third kappa shape index (κ3) is 5.52. The van der Waals surface area contributed by atoms with Crippen molar-refractivity contribution in [2.45, 2.75) is 52.0 Å². The summed E-state index contributed by atoms with van der Waals surface area (Å²) < 4.78 is 1.86. The molecule has 0 aliphatic heterocycles. The molecule has 0 radical (unpaired) electrons. The molecule has 0 atom stereocenters. The molecule has 28 heavy (non-hydrogen) atoms. The summed E-state index contributed by atoms with van der Waals surface area (Å²) in [5.41, 5.74) is 3.85. The molecule has 146 valence electrons. The Kier molecular flexibility index (Phi) is 7.36. The van der Waals surface area contributed by atoms with Crippen molar-refractivity contribution in [3.8, 4) is 16.9 Å². The van der Waals surface area contributed by atoms with Gasteiger partial charge in [0.15, 0.2) is 0 Å². The van der Waals surface area contributed by atoms with Gasteiger partial charge in [-0.05, 0) is 30.7 Å². The van der Waals surface area contributed by atoms with E-state index < -0.39 is 0 Å². The lowest BCUT2D eigenvalue weighted by atomic mass is 10.1. The van der Waals surface area contributed by atoms with Crippen LogP contribution in [0.25, 0.3) is 16.9 Å². The Balaban J connectivity index is 1.69. The Bertz CT molecular complexity index is 859. The summed E-state index contributed by atoms with van der Waals surface area (Å²) in [5.74, 6) is 0.102. The molecule has 1 N–H and O–H groups in total. The average Bonchev–Trinajstić information content (AvgIpc) is 3.18. The van der Waals surface area contributed by atoms with Crippen molar-refractivity contribution in [2.75, 3.05) is 0 Å². The third-order valence-corrected chi connectivity index (χ3v) is 4.75. The highest BCUT2D eigenvalue weighted by molar-refractivity contribution is 5.76. The number of benzene rings is 1. The number of rotatable bonds is 10. The van der Waals surface area contributed by atoms with Crippen molar-refractivity contribution in [3.63, 3.8) is 0 Å². The molecule has 3 rings (SSSR count). The molecule has 5 heteroatoms. The molecule has 2 aromatic heterocycles. The molecule has 0 aliphatic rings. The first-order valence-corrected chi connectivity index (χ1v) is 10.1. The zero-order chi connectivity index (χ0) is 19.6. The number of hydrogen-bond donors (Lipinski definition) is 1. The lowest BCUT2D eigenvalue weighted by molar-refractivity contribution is -0.121. The minimum Gasteiger partial charge on any atom is -0.352 e. The summed E-state index contributed by atoms with van der Waals surface area (Å²) in [6, 6.07) is 13.9. The van der Waals surface area contributed by atoms with Gasteiger partial charge in [-0.3, -0.25) is 9.78 Å². The van der Waals surface area contributed by atoms with E-state index in [4.69, 9.17) is 5.10 Å². The van der Waals surface area contributed by atoms with E-state index >= 15 is 0 Å². The van der Waals surface area contributed by atoms with Crippen LogP contribution in [0.5, 0.6) is 0 Å². The molecular weight excluding hydrogens is 348 g/mol. The van der Waals surface area contributed by atoms with Crippen LogP contribution in [0.15, 0.2) is 61.1 Å². The molecule has 2 heterocycles. The molecule has 1 amide bonds. The van der Waals surface area contributed by atoms with Crippen molar-refractivity contribution in [1.82, 2.24) is 20.1 Å². The highest BCUT2D eigenvalue weighted by atomic mass is 16.1. The Morgan fingerprint density at radius 1 is 1.00 bits per heavy atom. The van der Waals surface area contributed by atoms with E-state index in [1.807, 2.05) is 53.3 Å². The highest BCUT2D eigenvalue weighted by Gasteiger charge is 2.13. The van der Waals surface area contributed by atoms with Gasteiger partial charge in [0.05, 0.1) is 11.4 Å². The monoisotopic (exact) mass is 376 g/mol. The van der Waals surface area contributed by atoms with E-state index in [2.05, 4.69) is 17.2 Å². The summed E-state index contributed by atoms with van der Waals surface area (Å²) in [4.78, 5) is 16.3. The maximum atomic E-state index is 12.2. The Morgan fingerprint density at radius 2 is 1.75 bits per heavy atom. The molecule has 5 nitrogen and oxygen atoms in total. The second-order valence-corrected chi connectivity index (χ2v) is 6.96. The van der Waals surface area contributed by atoms with Gasteiger partial charge in [-0.1, -0.05) is 50.8 Å². The lowest BCUT2D eigenvalue weighted by Crippen LogP contribution is -2.22. The maximum absolute atomic E-state index is 12.2. The van der Waals surface area contributed by atoms with Gasteiger partial charge in [0.2, 0.25) is 5.91 Å². The molecule has 0 saturated carbocycles. The van der Waals surface area contributed by atoms with E-state index in [1.54, 1.807) is 12.4 Å². The fraction of sp³-hybridized carbons (Fsp3) is 0.348. The Hall–Kier alpha value is -2.95. The fourth-order valence-corrected chi connectivity index (χ4v) is 3.18. The number of amides is 1. The van der Waals surface area contributed by atoms with Crippen molar-refractivity contribution < 1.29 is 4.79 Å². The van der Waals surface area contributed by atoms with Crippen LogP contribution in [0.1, 0.15) is 51.0 Å². The van der Waals surface area contributed by atoms with E-state index in [-0.39, 0.29) is 5.91 Å². The van der Waals surface area contributed by atoms with Crippen molar-refractivity contribution in [1.29, 1.82) is 0 Å². The van der Waals surface area contributed by atoms with Gasteiger partial charge in [-0.25, -0.2) is 4.68 Å². The van der Waals surface area contributed by atoms with Crippen LogP contribution >= 0.6 is 0 Å². The van der Waals surface area contributed by atoms with E-state index in [0.717, 1.165) is 35.3 Å². The van der Waals surface area contributed by atoms with Gasteiger partial charge < -0.3 is 5.32 Å². The number of nitrogens with zero attached hydrogens (tertiary/aromatic N) is 3. The second-order valence-electron chi connectivity index (χ2n) is 6.96. The van der Waals surface area contributed by atoms with Crippen LogP contribution in [-0.4, -0.2) is 20.7 Å². The van der Waals surface area contributed by atoms with E-state index in [1.165, 1.54) is 19.3 Å². The zero-order valence-electron chi connectivity index (χ0n) is 16.5. The Morgan fingerprint density at radius 3 is 2.50 bits per heavy atom. The standard InChI is InChI=1S/C23H28N4O/c1-2-3-4-5-9-12-22(28)25-17-20-18-27(21-10-7-6-8-11-21)26-23(20)19-13-15-24-16-14-19/h6-8,10-11,13-16,18H,2-5,9,12,17H2,1H3,(H,25,28). The smallest absolute Gasteiger partial charge is 0.220 e. The van der Waals surface area contributed by atoms with Crippen LogP contribution in [0.4, 0.5) is 0 Å².